The van der Waals surface area contributed by atoms with Gasteiger partial charge in [0.15, 0.2) is 0 Å². The molecule has 0 aliphatic heterocycles. The summed E-state index contributed by atoms with van der Waals surface area (Å²) in [6.07, 6.45) is 0.549. The summed E-state index contributed by atoms with van der Waals surface area (Å²) in [6.45, 7) is 0.0696. The summed E-state index contributed by atoms with van der Waals surface area (Å²) in [5, 5.41) is 21.1. The molecule has 0 aliphatic rings. The minimum Gasteiger partial charge on any atom is -0.872 e. The maximum Gasteiger partial charge on any atom is 1.00 e. The third kappa shape index (κ3) is 4.83. The van der Waals surface area contributed by atoms with E-state index in [0.717, 1.165) is 27.8 Å². The molecule has 0 aromatic heterocycles. The minimum atomic E-state index is -0.00502. The van der Waals surface area contributed by atoms with Gasteiger partial charge in [0, 0.05) is 6.61 Å². The largest absolute Gasteiger partial charge is 1.00 e. The van der Waals surface area contributed by atoms with Gasteiger partial charge in [-0.25, -0.2) is 0 Å². The van der Waals surface area contributed by atoms with Gasteiger partial charge in [0.05, 0.1) is 0 Å². The Morgan fingerprint density at radius 2 is 1.16 bits per heavy atom. The molecule has 0 atom stereocenters. The molecule has 0 saturated heterocycles. The van der Waals surface area contributed by atoms with Crippen LogP contribution < -0.4 is 34.7 Å². The first kappa shape index (κ1) is 19.5. The van der Waals surface area contributed by atoms with Crippen LogP contribution in [0.5, 0.6) is 5.75 Å². The van der Waals surface area contributed by atoms with Crippen molar-refractivity contribution in [1.29, 1.82) is 0 Å². The molecule has 0 aliphatic carbocycles. The van der Waals surface area contributed by atoms with E-state index in [1.54, 1.807) is 12.1 Å². The van der Waals surface area contributed by atoms with E-state index in [0.29, 0.717) is 6.42 Å². The summed E-state index contributed by atoms with van der Waals surface area (Å²) in [6, 6.07) is 27.0. The van der Waals surface area contributed by atoms with E-state index < -0.39 is 0 Å². The van der Waals surface area contributed by atoms with Crippen molar-refractivity contribution in [2.75, 3.05) is 6.61 Å². The Kier molecular flexibility index (Phi) is 7.48. The van der Waals surface area contributed by atoms with Gasteiger partial charge in [-0.1, -0.05) is 84.9 Å². The van der Waals surface area contributed by atoms with Crippen LogP contribution in [0, 0.1) is 0 Å². The molecule has 0 spiro atoms. The molecule has 3 aromatic carbocycles. The first-order valence-corrected chi connectivity index (χ1v) is 8.02. The van der Waals surface area contributed by atoms with Crippen LogP contribution in [0.3, 0.4) is 0 Å². The van der Waals surface area contributed by atoms with Crippen molar-refractivity contribution in [2.24, 2.45) is 0 Å². The predicted octanol–water partition coefficient (Wildman–Crippen LogP) is 1.11. The molecular weight excluding hydrogens is 319 g/mol. The molecule has 3 rings (SSSR count). The molecular formula is C22H19NaO2. The Morgan fingerprint density at radius 3 is 1.68 bits per heavy atom. The molecule has 2 nitrogen and oxygen atoms in total. The molecule has 1 N–H and O–H groups in total. The fourth-order valence-electron chi connectivity index (χ4n) is 2.91. The van der Waals surface area contributed by atoms with E-state index in [1.807, 2.05) is 48.5 Å². The number of aliphatic hydroxyl groups is 1. The van der Waals surface area contributed by atoms with E-state index >= 15 is 0 Å². The topological polar surface area (TPSA) is 43.3 Å². The molecule has 0 unspecified atom stereocenters. The average Bonchev–Trinajstić information content (AvgIpc) is 2.64. The van der Waals surface area contributed by atoms with E-state index in [2.05, 4.69) is 24.3 Å². The van der Waals surface area contributed by atoms with Crippen molar-refractivity contribution in [1.82, 2.24) is 0 Å². The molecule has 0 heterocycles. The monoisotopic (exact) mass is 338 g/mol. The van der Waals surface area contributed by atoms with Gasteiger partial charge >= 0.3 is 29.6 Å². The molecule has 3 heteroatoms. The molecule has 25 heavy (non-hydrogen) atoms. The Labute approximate surface area is 170 Å². The third-order valence-electron chi connectivity index (χ3n) is 3.99. The second-order valence-electron chi connectivity index (χ2n) is 5.58. The fraction of sp³-hybridized carbons (Fsp3) is 0.0909. The summed E-state index contributed by atoms with van der Waals surface area (Å²) in [4.78, 5) is 0. The van der Waals surface area contributed by atoms with Gasteiger partial charge in [-0.15, -0.1) is 5.75 Å². The smallest absolute Gasteiger partial charge is 0.872 e. The number of hydrogen-bond acceptors (Lipinski definition) is 2. The standard InChI is InChI=1S/C22H20O2.Na/c23-16-15-21(17-7-3-1-4-8-17)22(18-9-5-2-6-10-18)19-11-13-20(24)14-12-19;/h1-14,23-24H,15-16H2;/q;+1/p-1/b22-21-;. The van der Waals surface area contributed by atoms with Crippen LogP contribution in [0.4, 0.5) is 0 Å². The third-order valence-corrected chi connectivity index (χ3v) is 3.99. The van der Waals surface area contributed by atoms with Crippen molar-refractivity contribution in [3.05, 3.63) is 102 Å². The predicted molar refractivity (Wildman–Crippen MR) is 96.4 cm³/mol. The second kappa shape index (κ2) is 9.59. The SMILES string of the molecule is [Na+].[O-]c1ccc(/C(=C(/CCO)c2ccccc2)c2ccccc2)cc1. The number of hydrogen-bond donors (Lipinski definition) is 1. The van der Waals surface area contributed by atoms with E-state index in [9.17, 15) is 10.2 Å². The molecule has 0 fully saturated rings. The van der Waals surface area contributed by atoms with Crippen molar-refractivity contribution in [2.45, 2.75) is 6.42 Å². The zero-order valence-corrected chi connectivity index (χ0v) is 16.4. The van der Waals surface area contributed by atoms with Crippen LogP contribution >= 0.6 is 0 Å². The summed E-state index contributed by atoms with van der Waals surface area (Å²) < 4.78 is 0. The molecule has 120 valence electrons. The van der Waals surface area contributed by atoms with Gasteiger partial charge in [-0.2, -0.15) is 0 Å². The number of aliphatic hydroxyl groups excluding tert-OH is 1. The minimum absolute atomic E-state index is 0. The molecule has 0 radical (unpaired) electrons. The first-order valence-electron chi connectivity index (χ1n) is 8.02. The van der Waals surface area contributed by atoms with Crippen molar-refractivity contribution < 1.29 is 39.8 Å². The quantitative estimate of drug-likeness (QED) is 0.559. The number of benzene rings is 3. The van der Waals surface area contributed by atoms with Gasteiger partial charge in [0.25, 0.3) is 0 Å². The Bertz CT molecular complexity index is 810. The summed E-state index contributed by atoms with van der Waals surface area (Å²) in [5.74, 6) is -0.00502. The zero-order chi connectivity index (χ0) is 16.8. The van der Waals surface area contributed by atoms with Crippen LogP contribution in [-0.2, 0) is 0 Å². The van der Waals surface area contributed by atoms with Gasteiger partial charge in [-0.3, -0.25) is 0 Å². The molecule has 0 saturated carbocycles. The normalized spacial score (nSPS) is 11.4. The van der Waals surface area contributed by atoms with Gasteiger partial charge in [0.1, 0.15) is 0 Å². The van der Waals surface area contributed by atoms with Crippen LogP contribution in [0.2, 0.25) is 0 Å². The maximum absolute atomic E-state index is 11.5. The fourth-order valence-corrected chi connectivity index (χ4v) is 2.91. The van der Waals surface area contributed by atoms with Gasteiger partial charge in [-0.05, 0) is 34.3 Å². The summed E-state index contributed by atoms with van der Waals surface area (Å²) in [5.41, 5.74) is 5.26. The van der Waals surface area contributed by atoms with E-state index in [1.165, 1.54) is 0 Å². The van der Waals surface area contributed by atoms with Crippen molar-refractivity contribution in [3.63, 3.8) is 0 Å². The molecule has 3 aromatic rings. The number of rotatable bonds is 5. The Morgan fingerprint density at radius 1 is 0.680 bits per heavy atom. The first-order chi connectivity index (χ1) is 11.8. The molecule has 0 bridgehead atoms. The molecule has 0 amide bonds. The summed E-state index contributed by atoms with van der Waals surface area (Å²) in [7, 11) is 0. The Hall–Kier alpha value is -1.84. The van der Waals surface area contributed by atoms with Crippen molar-refractivity contribution in [3.8, 4) is 5.75 Å². The van der Waals surface area contributed by atoms with Crippen LogP contribution in [0.25, 0.3) is 11.1 Å². The summed E-state index contributed by atoms with van der Waals surface area (Å²) >= 11 is 0. The van der Waals surface area contributed by atoms with Gasteiger partial charge < -0.3 is 10.2 Å². The van der Waals surface area contributed by atoms with Crippen LogP contribution in [0.1, 0.15) is 23.1 Å². The zero-order valence-electron chi connectivity index (χ0n) is 14.4. The van der Waals surface area contributed by atoms with Crippen molar-refractivity contribution >= 4 is 11.1 Å². The van der Waals surface area contributed by atoms with E-state index in [4.69, 9.17) is 0 Å². The van der Waals surface area contributed by atoms with E-state index in [-0.39, 0.29) is 41.9 Å². The second-order valence-corrected chi connectivity index (χ2v) is 5.58. The van der Waals surface area contributed by atoms with Crippen LogP contribution in [0.15, 0.2) is 84.9 Å². The van der Waals surface area contributed by atoms with Crippen LogP contribution in [-0.4, -0.2) is 11.7 Å². The maximum atomic E-state index is 11.5. The van der Waals surface area contributed by atoms with Gasteiger partial charge in [0.2, 0.25) is 0 Å². The Balaban J connectivity index is 0.00000225. The average molecular weight is 338 g/mol.